The summed E-state index contributed by atoms with van der Waals surface area (Å²) in [7, 11) is 1.94. The third-order valence-electron chi connectivity index (χ3n) is 6.97. The van der Waals surface area contributed by atoms with Gasteiger partial charge in [0.05, 0.1) is 6.54 Å². The Hall–Kier alpha value is -4.27. The summed E-state index contributed by atoms with van der Waals surface area (Å²) in [4.78, 5) is 43.0. The number of rotatable bonds is 4. The largest absolute Gasteiger partial charge is 0.356 e. The van der Waals surface area contributed by atoms with Crippen molar-refractivity contribution in [3.8, 4) is 0 Å². The van der Waals surface area contributed by atoms with Crippen LogP contribution in [0.5, 0.6) is 0 Å². The highest BCUT2D eigenvalue weighted by Crippen LogP contribution is 2.28. The Morgan fingerprint density at radius 2 is 1.89 bits per heavy atom. The van der Waals surface area contributed by atoms with Gasteiger partial charge >= 0.3 is 6.03 Å². The summed E-state index contributed by atoms with van der Waals surface area (Å²) in [5.74, 6) is 1.27. The Balaban J connectivity index is 1.17. The highest BCUT2D eigenvalue weighted by atomic mass is 16.2. The number of piperidine rings is 1. The number of hydrogen-bond donors (Lipinski definition) is 1. The first-order chi connectivity index (χ1) is 17.1. The maximum Gasteiger partial charge on any atom is 0.323 e. The molecule has 35 heavy (non-hydrogen) atoms. The molecule has 9 nitrogen and oxygen atoms in total. The van der Waals surface area contributed by atoms with Crippen molar-refractivity contribution in [2.24, 2.45) is 7.05 Å². The molecule has 0 bridgehead atoms. The summed E-state index contributed by atoms with van der Waals surface area (Å²) >= 11 is 0. The van der Waals surface area contributed by atoms with E-state index < -0.39 is 0 Å². The molecule has 6 rings (SSSR count). The van der Waals surface area contributed by atoms with Crippen LogP contribution in [0.1, 0.15) is 34.5 Å². The number of aromatic nitrogens is 4. The first kappa shape index (κ1) is 21.3. The molecule has 1 saturated heterocycles. The highest BCUT2D eigenvalue weighted by molar-refractivity contribution is 6.15. The molecular formula is C26H25N7O2. The van der Waals surface area contributed by atoms with Crippen molar-refractivity contribution >= 4 is 34.4 Å². The maximum absolute atomic E-state index is 13.3. The predicted octanol–water partition coefficient (Wildman–Crippen LogP) is 3.61. The van der Waals surface area contributed by atoms with E-state index in [9.17, 15) is 9.59 Å². The van der Waals surface area contributed by atoms with Gasteiger partial charge in [0, 0.05) is 66.7 Å². The first-order valence-corrected chi connectivity index (χ1v) is 11.8. The summed E-state index contributed by atoms with van der Waals surface area (Å²) < 4.78 is 1.96. The van der Waals surface area contributed by atoms with E-state index in [1.807, 2.05) is 59.1 Å². The zero-order valence-electron chi connectivity index (χ0n) is 19.4. The number of pyridine rings is 1. The second-order valence-electron chi connectivity index (χ2n) is 9.05. The molecule has 9 heteroatoms. The number of carbonyl (C=O) groups is 2. The number of nitrogens with zero attached hydrogens (tertiary/aromatic N) is 6. The standard InChI is InChI=1S/C26H25N7O2/c1-31-15-20(19-6-2-3-7-22(19)31)24(34)21-13-23(29-16-28-21)32-11-8-18(9-12-32)33-14-17-5-4-10-27-25(17)30-26(33)35/h2-7,10,13,15-16,18H,8-9,11-12,14H2,1H3,(H,27,30,35). The molecule has 0 radical (unpaired) electrons. The summed E-state index contributed by atoms with van der Waals surface area (Å²) in [6, 6.07) is 13.6. The van der Waals surface area contributed by atoms with Gasteiger partial charge in [0.1, 0.15) is 23.7 Å². The number of benzene rings is 1. The molecule has 1 aromatic carbocycles. The van der Waals surface area contributed by atoms with Gasteiger partial charge in [-0.15, -0.1) is 0 Å². The van der Waals surface area contributed by atoms with Gasteiger partial charge in [0.15, 0.2) is 0 Å². The van der Waals surface area contributed by atoms with Gasteiger partial charge in [-0.3, -0.25) is 10.1 Å². The molecule has 3 aromatic heterocycles. The summed E-state index contributed by atoms with van der Waals surface area (Å²) in [6.45, 7) is 2.05. The molecular weight excluding hydrogens is 442 g/mol. The van der Waals surface area contributed by atoms with E-state index in [1.54, 1.807) is 12.3 Å². The van der Waals surface area contributed by atoms with Crippen LogP contribution in [0.2, 0.25) is 0 Å². The van der Waals surface area contributed by atoms with Crippen LogP contribution >= 0.6 is 0 Å². The molecule has 1 fully saturated rings. The van der Waals surface area contributed by atoms with Crippen LogP contribution in [0.3, 0.4) is 0 Å². The minimum Gasteiger partial charge on any atom is -0.356 e. The SMILES string of the molecule is Cn1cc(C(=O)c2cc(N3CCC(N4Cc5cccnc5NC4=O)CC3)ncn2)c2ccccc21. The van der Waals surface area contributed by atoms with Crippen LogP contribution in [0.25, 0.3) is 10.9 Å². The number of urea groups is 1. The van der Waals surface area contributed by atoms with E-state index in [0.717, 1.165) is 48.2 Å². The smallest absolute Gasteiger partial charge is 0.323 e. The van der Waals surface area contributed by atoms with Crippen molar-refractivity contribution in [2.45, 2.75) is 25.4 Å². The number of nitrogens with one attached hydrogen (secondary N) is 1. The molecule has 176 valence electrons. The topological polar surface area (TPSA) is 96.2 Å². The summed E-state index contributed by atoms with van der Waals surface area (Å²) in [5, 5.41) is 3.82. The van der Waals surface area contributed by atoms with Crippen molar-refractivity contribution in [3.05, 3.63) is 78.0 Å². The van der Waals surface area contributed by atoms with Crippen LogP contribution in [0, 0.1) is 0 Å². The lowest BCUT2D eigenvalue weighted by Crippen LogP contribution is -2.50. The Kier molecular flexibility index (Phi) is 5.17. The second-order valence-corrected chi connectivity index (χ2v) is 9.05. The Bertz CT molecular complexity index is 1440. The number of aryl methyl sites for hydroxylation is 1. The van der Waals surface area contributed by atoms with Gasteiger partial charge in [-0.2, -0.15) is 0 Å². The van der Waals surface area contributed by atoms with Gasteiger partial charge in [-0.05, 0) is 25.0 Å². The van der Waals surface area contributed by atoms with E-state index >= 15 is 0 Å². The zero-order valence-corrected chi connectivity index (χ0v) is 19.4. The number of anilines is 2. The number of amides is 2. The number of carbonyl (C=O) groups excluding carboxylic acids is 2. The van der Waals surface area contributed by atoms with E-state index in [1.165, 1.54) is 6.33 Å². The van der Waals surface area contributed by atoms with E-state index in [0.29, 0.717) is 23.6 Å². The average molecular weight is 468 g/mol. The van der Waals surface area contributed by atoms with Crippen molar-refractivity contribution < 1.29 is 9.59 Å². The van der Waals surface area contributed by atoms with Gasteiger partial charge < -0.3 is 14.4 Å². The molecule has 0 unspecified atom stereocenters. The highest BCUT2D eigenvalue weighted by Gasteiger charge is 2.32. The Morgan fingerprint density at radius 1 is 1.06 bits per heavy atom. The lowest BCUT2D eigenvalue weighted by molar-refractivity contribution is 0.103. The minimum absolute atomic E-state index is 0.0975. The van der Waals surface area contributed by atoms with Crippen molar-refractivity contribution in [1.29, 1.82) is 0 Å². The fourth-order valence-corrected chi connectivity index (χ4v) is 5.11. The zero-order chi connectivity index (χ0) is 23.9. The molecule has 0 aliphatic carbocycles. The van der Waals surface area contributed by atoms with Crippen LogP contribution in [0.15, 0.2) is 61.2 Å². The fraction of sp³-hybridized carbons (Fsp3) is 0.269. The molecule has 1 N–H and O–H groups in total. The van der Waals surface area contributed by atoms with Gasteiger partial charge in [-0.25, -0.2) is 19.7 Å². The van der Waals surface area contributed by atoms with E-state index in [4.69, 9.17) is 0 Å². The third kappa shape index (κ3) is 3.78. The molecule has 2 aliphatic heterocycles. The number of ketones is 1. The molecule has 0 saturated carbocycles. The van der Waals surface area contributed by atoms with E-state index in [2.05, 4.69) is 25.2 Å². The first-order valence-electron chi connectivity index (χ1n) is 11.8. The van der Waals surface area contributed by atoms with Crippen molar-refractivity contribution in [3.63, 3.8) is 0 Å². The Labute approximate surface area is 202 Å². The monoisotopic (exact) mass is 467 g/mol. The molecule has 0 atom stereocenters. The molecule has 4 aromatic rings. The molecule has 5 heterocycles. The number of para-hydroxylation sites is 1. The molecule has 0 spiro atoms. The van der Waals surface area contributed by atoms with Crippen LogP contribution in [-0.2, 0) is 13.6 Å². The molecule has 2 amide bonds. The van der Waals surface area contributed by atoms with Crippen molar-refractivity contribution in [1.82, 2.24) is 24.4 Å². The summed E-state index contributed by atoms with van der Waals surface area (Å²) in [5.41, 5.74) is 3.06. The van der Waals surface area contributed by atoms with Crippen LogP contribution in [-0.4, -0.2) is 55.4 Å². The second kappa shape index (κ2) is 8.50. The molecule has 2 aliphatic rings. The lowest BCUT2D eigenvalue weighted by Gasteiger charge is -2.40. The predicted molar refractivity (Wildman–Crippen MR) is 132 cm³/mol. The Morgan fingerprint density at radius 3 is 2.74 bits per heavy atom. The quantitative estimate of drug-likeness (QED) is 0.461. The van der Waals surface area contributed by atoms with Gasteiger partial charge in [0.2, 0.25) is 5.78 Å². The lowest BCUT2D eigenvalue weighted by atomic mass is 10.0. The number of fused-ring (bicyclic) bond motifs is 2. The fourth-order valence-electron chi connectivity index (χ4n) is 5.11. The van der Waals surface area contributed by atoms with E-state index in [-0.39, 0.29) is 17.9 Å². The average Bonchev–Trinajstić information content (AvgIpc) is 3.24. The van der Waals surface area contributed by atoms with Crippen LogP contribution in [0.4, 0.5) is 16.4 Å². The van der Waals surface area contributed by atoms with Crippen LogP contribution < -0.4 is 10.2 Å². The summed E-state index contributed by atoms with van der Waals surface area (Å²) in [6.07, 6.45) is 6.65. The normalized spacial score (nSPS) is 16.3. The minimum atomic E-state index is -0.113. The number of hydrogen-bond acceptors (Lipinski definition) is 6. The maximum atomic E-state index is 13.3. The third-order valence-corrected chi connectivity index (χ3v) is 6.97. The van der Waals surface area contributed by atoms with Gasteiger partial charge in [-0.1, -0.05) is 24.3 Å². The van der Waals surface area contributed by atoms with Gasteiger partial charge in [0.25, 0.3) is 0 Å². The van der Waals surface area contributed by atoms with Crippen molar-refractivity contribution in [2.75, 3.05) is 23.3 Å².